The van der Waals surface area contributed by atoms with Gasteiger partial charge in [0.2, 0.25) is 11.8 Å². The minimum Gasteiger partial charge on any atom is -0.352 e. The first kappa shape index (κ1) is 15.1. The van der Waals surface area contributed by atoms with Crippen molar-refractivity contribution in [3.8, 4) is 0 Å². The Morgan fingerprint density at radius 1 is 1.18 bits per heavy atom. The molecule has 3 rings (SSSR count). The second-order valence-electron chi connectivity index (χ2n) is 6.71. The predicted molar refractivity (Wildman–Crippen MR) is 85.1 cm³/mol. The van der Waals surface area contributed by atoms with Crippen LogP contribution in [-0.4, -0.2) is 17.9 Å². The molecule has 0 unspecified atom stereocenters. The normalized spacial score (nSPS) is 19.7. The zero-order valence-corrected chi connectivity index (χ0v) is 13.2. The molecule has 0 aromatic heterocycles. The molecular formula is C18H24N2O2. The van der Waals surface area contributed by atoms with E-state index in [2.05, 4.69) is 16.7 Å². The molecular weight excluding hydrogens is 276 g/mol. The highest BCUT2D eigenvalue weighted by Gasteiger charge is 2.56. The van der Waals surface area contributed by atoms with Crippen LogP contribution in [0.15, 0.2) is 24.3 Å². The second-order valence-corrected chi connectivity index (χ2v) is 6.71. The van der Waals surface area contributed by atoms with Crippen molar-refractivity contribution in [1.82, 2.24) is 10.6 Å². The van der Waals surface area contributed by atoms with Gasteiger partial charge in [-0.2, -0.15) is 0 Å². The summed E-state index contributed by atoms with van der Waals surface area (Å²) in [6, 6.07) is 8.33. The van der Waals surface area contributed by atoms with Crippen LogP contribution in [0, 0.1) is 12.3 Å². The fraction of sp³-hybridized carbons (Fsp3) is 0.556. The van der Waals surface area contributed by atoms with Gasteiger partial charge in [0.15, 0.2) is 0 Å². The molecule has 2 fully saturated rings. The van der Waals surface area contributed by atoms with Crippen LogP contribution < -0.4 is 10.6 Å². The quantitative estimate of drug-likeness (QED) is 0.821. The van der Waals surface area contributed by atoms with Crippen LogP contribution in [0.3, 0.4) is 0 Å². The van der Waals surface area contributed by atoms with Crippen molar-refractivity contribution in [2.45, 2.75) is 58.0 Å². The van der Waals surface area contributed by atoms with Gasteiger partial charge in [-0.25, -0.2) is 0 Å². The van der Waals surface area contributed by atoms with E-state index in [1.54, 1.807) is 0 Å². The Morgan fingerprint density at radius 2 is 1.91 bits per heavy atom. The Morgan fingerprint density at radius 3 is 2.55 bits per heavy atom. The van der Waals surface area contributed by atoms with Crippen molar-refractivity contribution in [1.29, 1.82) is 0 Å². The first-order valence-corrected chi connectivity index (χ1v) is 8.25. The van der Waals surface area contributed by atoms with Crippen LogP contribution in [0.5, 0.6) is 0 Å². The van der Waals surface area contributed by atoms with E-state index in [4.69, 9.17) is 0 Å². The molecule has 22 heavy (non-hydrogen) atoms. The SMILES string of the molecule is Cc1cccc(CNC(=O)C2(C(=O)NC3CCCC3)CC2)c1. The molecule has 2 amide bonds. The Labute approximate surface area is 131 Å². The van der Waals surface area contributed by atoms with Crippen molar-refractivity contribution in [2.75, 3.05) is 0 Å². The molecule has 0 spiro atoms. The van der Waals surface area contributed by atoms with E-state index in [-0.39, 0.29) is 17.9 Å². The predicted octanol–water partition coefficient (Wildman–Crippen LogP) is 2.45. The van der Waals surface area contributed by atoms with Gasteiger partial charge in [-0.1, -0.05) is 42.7 Å². The summed E-state index contributed by atoms with van der Waals surface area (Å²) in [5.74, 6) is -0.189. The Bertz CT molecular complexity index is 572. The van der Waals surface area contributed by atoms with Gasteiger partial charge < -0.3 is 10.6 Å². The molecule has 0 bridgehead atoms. The molecule has 2 aliphatic carbocycles. The average Bonchev–Trinajstić information content (AvgIpc) is 3.17. The number of nitrogens with one attached hydrogen (secondary N) is 2. The largest absolute Gasteiger partial charge is 0.352 e. The van der Waals surface area contributed by atoms with Crippen molar-refractivity contribution >= 4 is 11.8 Å². The van der Waals surface area contributed by atoms with E-state index in [0.29, 0.717) is 19.4 Å². The number of rotatable bonds is 5. The van der Waals surface area contributed by atoms with Gasteiger partial charge in [0.25, 0.3) is 0 Å². The standard InChI is InChI=1S/C18H24N2O2/c1-13-5-4-6-14(11-13)12-19-16(21)18(9-10-18)17(22)20-15-7-2-3-8-15/h4-6,11,15H,2-3,7-10,12H2,1H3,(H,19,21)(H,20,22). The molecule has 1 aromatic rings. The Kier molecular flexibility index (Phi) is 4.19. The summed E-state index contributed by atoms with van der Waals surface area (Å²) in [7, 11) is 0. The summed E-state index contributed by atoms with van der Waals surface area (Å²) in [6.45, 7) is 2.52. The second kappa shape index (κ2) is 6.11. The fourth-order valence-corrected chi connectivity index (χ4v) is 3.25. The smallest absolute Gasteiger partial charge is 0.235 e. The molecule has 2 N–H and O–H groups in total. The molecule has 4 heteroatoms. The number of amides is 2. The lowest BCUT2D eigenvalue weighted by molar-refractivity contribution is -0.137. The minimum absolute atomic E-state index is 0.0684. The third-order valence-electron chi connectivity index (χ3n) is 4.85. The van der Waals surface area contributed by atoms with E-state index in [0.717, 1.165) is 18.4 Å². The lowest BCUT2D eigenvalue weighted by atomic mass is 10.0. The molecule has 0 aliphatic heterocycles. The first-order chi connectivity index (χ1) is 10.6. The number of aryl methyl sites for hydroxylation is 1. The molecule has 1 aromatic carbocycles. The third-order valence-corrected chi connectivity index (χ3v) is 4.85. The molecule has 2 aliphatic rings. The summed E-state index contributed by atoms with van der Waals surface area (Å²) in [4.78, 5) is 24.8. The van der Waals surface area contributed by atoms with Crippen molar-refractivity contribution in [3.05, 3.63) is 35.4 Å². The highest BCUT2D eigenvalue weighted by atomic mass is 16.2. The highest BCUT2D eigenvalue weighted by molar-refractivity contribution is 6.07. The zero-order valence-electron chi connectivity index (χ0n) is 13.2. The molecule has 2 saturated carbocycles. The number of carbonyl (C=O) groups excluding carboxylic acids is 2. The van der Waals surface area contributed by atoms with Gasteiger partial charge in [0.05, 0.1) is 0 Å². The average molecular weight is 300 g/mol. The summed E-state index contributed by atoms with van der Waals surface area (Å²) < 4.78 is 0. The minimum atomic E-state index is -0.799. The van der Waals surface area contributed by atoms with Crippen molar-refractivity contribution in [3.63, 3.8) is 0 Å². The summed E-state index contributed by atoms with van der Waals surface area (Å²) in [5, 5.41) is 6.01. The summed E-state index contributed by atoms with van der Waals surface area (Å²) in [5.41, 5.74) is 1.44. The topological polar surface area (TPSA) is 58.2 Å². The van der Waals surface area contributed by atoms with Crippen LogP contribution in [0.25, 0.3) is 0 Å². The monoisotopic (exact) mass is 300 g/mol. The van der Waals surface area contributed by atoms with Crippen LogP contribution in [0.2, 0.25) is 0 Å². The van der Waals surface area contributed by atoms with Gasteiger partial charge >= 0.3 is 0 Å². The van der Waals surface area contributed by atoms with E-state index in [1.165, 1.54) is 18.4 Å². The first-order valence-electron chi connectivity index (χ1n) is 8.25. The lowest BCUT2D eigenvalue weighted by Crippen LogP contribution is -2.45. The van der Waals surface area contributed by atoms with Gasteiger partial charge in [-0.05, 0) is 38.2 Å². The number of carbonyl (C=O) groups is 2. The molecule has 0 radical (unpaired) electrons. The highest BCUT2D eigenvalue weighted by Crippen LogP contribution is 2.46. The van der Waals surface area contributed by atoms with E-state index >= 15 is 0 Å². The van der Waals surface area contributed by atoms with E-state index in [1.807, 2.05) is 25.1 Å². The van der Waals surface area contributed by atoms with Crippen molar-refractivity contribution < 1.29 is 9.59 Å². The van der Waals surface area contributed by atoms with Gasteiger partial charge in [0.1, 0.15) is 5.41 Å². The number of hydrogen-bond donors (Lipinski definition) is 2. The van der Waals surface area contributed by atoms with E-state index in [9.17, 15) is 9.59 Å². The van der Waals surface area contributed by atoms with Crippen LogP contribution in [0.1, 0.15) is 49.7 Å². The van der Waals surface area contributed by atoms with Gasteiger partial charge in [-0.15, -0.1) is 0 Å². The van der Waals surface area contributed by atoms with Crippen LogP contribution in [0.4, 0.5) is 0 Å². The Hall–Kier alpha value is -1.84. The van der Waals surface area contributed by atoms with Gasteiger partial charge in [0, 0.05) is 12.6 Å². The zero-order chi connectivity index (χ0) is 15.6. The summed E-state index contributed by atoms with van der Waals surface area (Å²) in [6.07, 6.45) is 5.80. The lowest BCUT2D eigenvalue weighted by Gasteiger charge is -2.18. The maximum absolute atomic E-state index is 12.4. The number of hydrogen-bond acceptors (Lipinski definition) is 2. The maximum Gasteiger partial charge on any atom is 0.235 e. The molecule has 0 heterocycles. The molecule has 0 atom stereocenters. The van der Waals surface area contributed by atoms with E-state index < -0.39 is 5.41 Å². The van der Waals surface area contributed by atoms with Crippen LogP contribution in [-0.2, 0) is 16.1 Å². The fourth-order valence-electron chi connectivity index (χ4n) is 3.25. The molecule has 4 nitrogen and oxygen atoms in total. The van der Waals surface area contributed by atoms with Crippen molar-refractivity contribution in [2.24, 2.45) is 5.41 Å². The molecule has 0 saturated heterocycles. The third kappa shape index (κ3) is 3.16. The Balaban J connectivity index is 1.55. The molecule has 118 valence electrons. The maximum atomic E-state index is 12.4. The van der Waals surface area contributed by atoms with Gasteiger partial charge in [-0.3, -0.25) is 9.59 Å². The van der Waals surface area contributed by atoms with Crippen LogP contribution >= 0.6 is 0 Å². The number of benzene rings is 1. The summed E-state index contributed by atoms with van der Waals surface area (Å²) >= 11 is 0.